The Bertz CT molecular complexity index is 516. The van der Waals surface area contributed by atoms with E-state index < -0.39 is 0 Å². The van der Waals surface area contributed by atoms with Gasteiger partial charge in [-0.15, -0.1) is 0 Å². The number of rotatable bonds is 5. The zero-order chi connectivity index (χ0) is 14.5. The van der Waals surface area contributed by atoms with Gasteiger partial charge in [0.05, 0.1) is 5.56 Å². The van der Waals surface area contributed by atoms with Crippen molar-refractivity contribution in [1.82, 2.24) is 5.32 Å². The standard InChI is InChI=1S/C14H17BrN2O2S/c15-9-5-6-12(11(7-9)14(16)20)19-8-13(18)17-10-3-1-2-4-10/h5-7,10H,1-4,8H2,(H2,16,20)(H,17,18). The number of hydrogen-bond donors (Lipinski definition) is 2. The number of thiocarbonyl (C=S) groups is 1. The number of hydrogen-bond acceptors (Lipinski definition) is 3. The first-order valence-electron chi connectivity index (χ1n) is 6.58. The Labute approximate surface area is 132 Å². The third kappa shape index (κ3) is 4.18. The van der Waals surface area contributed by atoms with Crippen LogP contribution in [0.15, 0.2) is 22.7 Å². The van der Waals surface area contributed by atoms with Crippen LogP contribution < -0.4 is 15.8 Å². The second-order valence-corrected chi connectivity index (χ2v) is 6.20. The van der Waals surface area contributed by atoms with E-state index in [2.05, 4.69) is 21.2 Å². The monoisotopic (exact) mass is 356 g/mol. The molecule has 1 amide bonds. The van der Waals surface area contributed by atoms with Crippen molar-refractivity contribution in [2.24, 2.45) is 5.73 Å². The van der Waals surface area contributed by atoms with Crippen LogP contribution >= 0.6 is 28.1 Å². The third-order valence-electron chi connectivity index (χ3n) is 3.29. The van der Waals surface area contributed by atoms with Crippen LogP contribution in [0, 0.1) is 0 Å². The molecule has 1 fully saturated rings. The lowest BCUT2D eigenvalue weighted by Gasteiger charge is -2.14. The first-order chi connectivity index (χ1) is 9.56. The summed E-state index contributed by atoms with van der Waals surface area (Å²) in [5, 5.41) is 2.97. The summed E-state index contributed by atoms with van der Waals surface area (Å²) in [7, 11) is 0. The summed E-state index contributed by atoms with van der Waals surface area (Å²) in [6.45, 7) is -0.0201. The molecule has 1 aromatic rings. The molecule has 0 saturated heterocycles. The van der Waals surface area contributed by atoms with E-state index in [9.17, 15) is 4.79 Å². The maximum absolute atomic E-state index is 11.8. The van der Waals surface area contributed by atoms with Crippen molar-refractivity contribution >= 4 is 39.0 Å². The highest BCUT2D eigenvalue weighted by atomic mass is 79.9. The van der Waals surface area contributed by atoms with Crippen molar-refractivity contribution in [3.05, 3.63) is 28.2 Å². The van der Waals surface area contributed by atoms with Crippen LogP contribution in [0.5, 0.6) is 5.75 Å². The Morgan fingerprint density at radius 2 is 2.15 bits per heavy atom. The smallest absolute Gasteiger partial charge is 0.258 e. The number of benzene rings is 1. The highest BCUT2D eigenvalue weighted by Crippen LogP contribution is 2.23. The van der Waals surface area contributed by atoms with Crippen LogP contribution in [0.25, 0.3) is 0 Å². The van der Waals surface area contributed by atoms with Crippen molar-refractivity contribution in [2.45, 2.75) is 31.7 Å². The topological polar surface area (TPSA) is 64.3 Å². The molecule has 4 nitrogen and oxygen atoms in total. The fraction of sp³-hybridized carbons (Fsp3) is 0.429. The molecule has 108 valence electrons. The molecule has 1 aliphatic rings. The van der Waals surface area contributed by atoms with Gasteiger partial charge < -0.3 is 15.8 Å². The second-order valence-electron chi connectivity index (χ2n) is 4.84. The van der Waals surface area contributed by atoms with Crippen molar-refractivity contribution in [1.29, 1.82) is 0 Å². The van der Waals surface area contributed by atoms with Crippen molar-refractivity contribution in [2.75, 3.05) is 6.61 Å². The number of carbonyl (C=O) groups is 1. The molecule has 0 aromatic heterocycles. The fourth-order valence-electron chi connectivity index (χ4n) is 2.30. The van der Waals surface area contributed by atoms with Gasteiger partial charge in [0.15, 0.2) is 6.61 Å². The van der Waals surface area contributed by atoms with Gasteiger partial charge in [0.25, 0.3) is 5.91 Å². The summed E-state index contributed by atoms with van der Waals surface area (Å²) in [4.78, 5) is 12.1. The summed E-state index contributed by atoms with van der Waals surface area (Å²) < 4.78 is 6.39. The van der Waals surface area contributed by atoms with E-state index in [1.807, 2.05) is 6.07 Å². The van der Waals surface area contributed by atoms with E-state index in [0.717, 1.165) is 17.3 Å². The fourth-order valence-corrected chi connectivity index (χ4v) is 2.82. The summed E-state index contributed by atoms with van der Waals surface area (Å²) >= 11 is 8.33. The third-order valence-corrected chi connectivity index (χ3v) is 4.00. The molecule has 0 bridgehead atoms. The van der Waals surface area contributed by atoms with E-state index in [1.54, 1.807) is 12.1 Å². The molecule has 0 spiro atoms. The number of nitrogens with two attached hydrogens (primary N) is 1. The molecule has 1 aromatic carbocycles. The second kappa shape index (κ2) is 7.04. The minimum atomic E-state index is -0.103. The molecule has 1 saturated carbocycles. The maximum atomic E-state index is 11.8. The van der Waals surface area contributed by atoms with Crippen LogP contribution in [0.2, 0.25) is 0 Å². The Kier molecular flexibility index (Phi) is 5.37. The van der Waals surface area contributed by atoms with Gasteiger partial charge >= 0.3 is 0 Å². The van der Waals surface area contributed by atoms with E-state index in [4.69, 9.17) is 22.7 Å². The highest BCUT2D eigenvalue weighted by Gasteiger charge is 2.17. The summed E-state index contributed by atoms with van der Waals surface area (Å²) in [5.74, 6) is 0.427. The largest absolute Gasteiger partial charge is 0.483 e. The zero-order valence-corrected chi connectivity index (χ0v) is 13.4. The number of carbonyl (C=O) groups excluding carboxylic acids is 1. The summed E-state index contributed by atoms with van der Waals surface area (Å²) in [6, 6.07) is 5.66. The first kappa shape index (κ1) is 15.3. The quantitative estimate of drug-likeness (QED) is 0.795. The molecule has 3 N–H and O–H groups in total. The Morgan fingerprint density at radius 1 is 1.45 bits per heavy atom. The molecule has 1 aliphatic carbocycles. The Morgan fingerprint density at radius 3 is 2.80 bits per heavy atom. The summed E-state index contributed by atoms with van der Waals surface area (Å²) in [6.07, 6.45) is 4.48. The Hall–Kier alpha value is -1.14. The lowest BCUT2D eigenvalue weighted by molar-refractivity contribution is -0.123. The van der Waals surface area contributed by atoms with Gasteiger partial charge in [-0.1, -0.05) is 41.0 Å². The lowest BCUT2D eigenvalue weighted by atomic mass is 10.2. The van der Waals surface area contributed by atoms with Crippen molar-refractivity contribution in [3.8, 4) is 5.75 Å². The number of amides is 1. The van der Waals surface area contributed by atoms with Crippen LogP contribution in [-0.4, -0.2) is 23.5 Å². The minimum Gasteiger partial charge on any atom is -0.483 e. The Balaban J connectivity index is 1.93. The number of ether oxygens (including phenoxy) is 1. The normalized spacial score (nSPS) is 15.1. The molecule has 0 aliphatic heterocycles. The van der Waals surface area contributed by atoms with E-state index in [0.29, 0.717) is 17.4 Å². The van der Waals surface area contributed by atoms with Crippen molar-refractivity contribution in [3.63, 3.8) is 0 Å². The predicted molar refractivity (Wildman–Crippen MR) is 85.9 cm³/mol. The zero-order valence-electron chi connectivity index (χ0n) is 11.0. The molecule has 20 heavy (non-hydrogen) atoms. The van der Waals surface area contributed by atoms with Gasteiger partial charge in [-0.3, -0.25) is 4.79 Å². The predicted octanol–water partition coefficient (Wildman–Crippen LogP) is 2.52. The minimum absolute atomic E-state index is 0.0201. The average Bonchev–Trinajstić information content (AvgIpc) is 2.90. The van der Waals surface area contributed by atoms with Crippen LogP contribution in [0.3, 0.4) is 0 Å². The maximum Gasteiger partial charge on any atom is 0.258 e. The first-order valence-corrected chi connectivity index (χ1v) is 7.78. The SMILES string of the molecule is NC(=S)c1cc(Br)ccc1OCC(=O)NC1CCCC1. The van der Waals surface area contributed by atoms with Crippen molar-refractivity contribution < 1.29 is 9.53 Å². The summed E-state index contributed by atoms with van der Waals surface area (Å²) in [5.41, 5.74) is 6.28. The van der Waals surface area contributed by atoms with Gasteiger partial charge in [-0.05, 0) is 31.0 Å². The molecule has 0 heterocycles. The molecule has 2 rings (SSSR count). The van der Waals surface area contributed by atoms with Crippen LogP contribution in [0.1, 0.15) is 31.2 Å². The van der Waals surface area contributed by atoms with Crippen LogP contribution in [0.4, 0.5) is 0 Å². The van der Waals surface area contributed by atoms with E-state index in [1.165, 1.54) is 12.8 Å². The molecule has 6 heteroatoms. The molecule has 0 unspecified atom stereocenters. The lowest BCUT2D eigenvalue weighted by Crippen LogP contribution is -2.36. The molecular formula is C14H17BrN2O2S. The molecule has 0 radical (unpaired) electrons. The molecule has 0 atom stereocenters. The van der Waals surface area contributed by atoms with Gasteiger partial charge in [-0.25, -0.2) is 0 Å². The van der Waals surface area contributed by atoms with E-state index >= 15 is 0 Å². The van der Waals surface area contributed by atoms with E-state index in [-0.39, 0.29) is 17.5 Å². The highest BCUT2D eigenvalue weighted by molar-refractivity contribution is 9.10. The molecular weight excluding hydrogens is 340 g/mol. The van der Waals surface area contributed by atoms with Crippen LogP contribution in [-0.2, 0) is 4.79 Å². The average molecular weight is 357 g/mol. The number of halogens is 1. The number of nitrogens with one attached hydrogen (secondary N) is 1. The van der Waals surface area contributed by atoms with Gasteiger partial charge in [0, 0.05) is 10.5 Å². The van der Waals surface area contributed by atoms with Gasteiger partial charge in [-0.2, -0.15) is 0 Å². The van der Waals surface area contributed by atoms with Gasteiger partial charge in [0.1, 0.15) is 10.7 Å². The van der Waals surface area contributed by atoms with Gasteiger partial charge in [0.2, 0.25) is 0 Å².